The molecule has 0 atom stereocenters. The summed E-state index contributed by atoms with van der Waals surface area (Å²) in [4.78, 5) is 4.49. The third kappa shape index (κ3) is 2.88. The zero-order valence-corrected chi connectivity index (χ0v) is 13.3. The van der Waals surface area contributed by atoms with E-state index in [4.69, 9.17) is 5.73 Å². The number of aromatic nitrogens is 5. The van der Waals surface area contributed by atoms with Gasteiger partial charge in [-0.05, 0) is 18.5 Å². The highest BCUT2D eigenvalue weighted by Crippen LogP contribution is 2.38. The summed E-state index contributed by atoms with van der Waals surface area (Å²) in [6.07, 6.45) is 2.48. The first-order valence-electron chi connectivity index (χ1n) is 6.39. The Hall–Kier alpha value is -2.00. The van der Waals surface area contributed by atoms with Crippen molar-refractivity contribution in [2.24, 2.45) is 7.05 Å². The molecule has 0 amide bonds. The fraction of sp³-hybridized carbons (Fsp3) is 0.333. The van der Waals surface area contributed by atoms with Gasteiger partial charge in [0.2, 0.25) is 0 Å². The van der Waals surface area contributed by atoms with Crippen LogP contribution in [0.1, 0.15) is 11.5 Å². The summed E-state index contributed by atoms with van der Waals surface area (Å²) in [7, 11) is 1.93. The molecule has 0 spiro atoms. The predicted octanol–water partition coefficient (Wildman–Crippen LogP) is 1.94. The number of anilines is 2. The average Bonchev–Trinajstić information content (AvgIpc) is 3.13. The van der Waals surface area contributed by atoms with Gasteiger partial charge in [0.05, 0.1) is 5.56 Å². The van der Waals surface area contributed by atoms with Crippen molar-refractivity contribution in [3.63, 3.8) is 0 Å². The summed E-state index contributed by atoms with van der Waals surface area (Å²) in [5.74, 6) is 1.46. The Labute approximate surface area is 130 Å². The van der Waals surface area contributed by atoms with Gasteiger partial charge < -0.3 is 15.6 Å². The van der Waals surface area contributed by atoms with Crippen LogP contribution >= 0.6 is 22.9 Å². The van der Waals surface area contributed by atoms with Gasteiger partial charge in [0.1, 0.15) is 28.0 Å². The van der Waals surface area contributed by atoms with E-state index in [0.717, 1.165) is 40.1 Å². The standard InChI is InChI=1S/C12H15N7S2/c1-7-5-20-12(16-7)9-10(13)18-21-11(9)14-4-3-8-17-15-6-19(8)2/h5-6,14H,3-4H2,1-2H3,(H2,13,18). The molecule has 21 heavy (non-hydrogen) atoms. The van der Waals surface area contributed by atoms with E-state index in [-0.39, 0.29) is 0 Å². The van der Waals surface area contributed by atoms with Gasteiger partial charge in [0.15, 0.2) is 0 Å². The largest absolute Gasteiger partial charge is 0.382 e. The highest BCUT2D eigenvalue weighted by Gasteiger charge is 2.16. The summed E-state index contributed by atoms with van der Waals surface area (Å²) >= 11 is 2.94. The van der Waals surface area contributed by atoms with Crippen LogP contribution in [0.4, 0.5) is 10.8 Å². The van der Waals surface area contributed by atoms with Crippen LogP contribution in [0, 0.1) is 6.92 Å². The van der Waals surface area contributed by atoms with E-state index >= 15 is 0 Å². The van der Waals surface area contributed by atoms with E-state index in [9.17, 15) is 0 Å². The average molecular weight is 321 g/mol. The maximum absolute atomic E-state index is 5.97. The molecule has 0 aliphatic heterocycles. The molecule has 7 nitrogen and oxygen atoms in total. The highest BCUT2D eigenvalue weighted by molar-refractivity contribution is 7.15. The minimum atomic E-state index is 0.524. The van der Waals surface area contributed by atoms with Crippen LogP contribution < -0.4 is 11.1 Å². The number of hydrogen-bond acceptors (Lipinski definition) is 8. The summed E-state index contributed by atoms with van der Waals surface area (Å²) in [5, 5.41) is 15.2. The van der Waals surface area contributed by atoms with Gasteiger partial charge in [-0.15, -0.1) is 21.5 Å². The molecule has 0 saturated carbocycles. The van der Waals surface area contributed by atoms with E-state index < -0.39 is 0 Å². The van der Waals surface area contributed by atoms with Crippen molar-refractivity contribution in [3.05, 3.63) is 23.2 Å². The van der Waals surface area contributed by atoms with E-state index in [1.165, 1.54) is 11.5 Å². The molecule has 3 aromatic heterocycles. The second kappa shape index (κ2) is 5.78. The van der Waals surface area contributed by atoms with Crippen LogP contribution in [0.15, 0.2) is 11.7 Å². The van der Waals surface area contributed by atoms with Gasteiger partial charge in [0, 0.05) is 31.1 Å². The van der Waals surface area contributed by atoms with Crippen molar-refractivity contribution in [3.8, 4) is 10.6 Å². The minimum absolute atomic E-state index is 0.524. The van der Waals surface area contributed by atoms with E-state index in [1.807, 2.05) is 23.9 Å². The van der Waals surface area contributed by atoms with E-state index in [1.54, 1.807) is 17.7 Å². The fourth-order valence-corrected chi connectivity index (χ4v) is 3.58. The Bertz CT molecular complexity index is 742. The minimum Gasteiger partial charge on any atom is -0.382 e. The van der Waals surface area contributed by atoms with Gasteiger partial charge in [-0.25, -0.2) is 4.98 Å². The molecule has 0 saturated heterocycles. The van der Waals surface area contributed by atoms with Crippen LogP contribution in [-0.4, -0.2) is 30.7 Å². The van der Waals surface area contributed by atoms with Crippen LogP contribution in [-0.2, 0) is 13.5 Å². The van der Waals surface area contributed by atoms with Gasteiger partial charge in [-0.1, -0.05) is 0 Å². The highest BCUT2D eigenvalue weighted by atomic mass is 32.1. The molecule has 0 bridgehead atoms. The van der Waals surface area contributed by atoms with Crippen molar-refractivity contribution in [2.45, 2.75) is 13.3 Å². The summed E-state index contributed by atoms with van der Waals surface area (Å²) in [5.41, 5.74) is 7.86. The number of aryl methyl sites for hydroxylation is 2. The zero-order valence-electron chi connectivity index (χ0n) is 11.7. The molecule has 0 radical (unpaired) electrons. The molecule has 110 valence electrons. The summed E-state index contributed by atoms with van der Waals surface area (Å²) in [6.45, 7) is 2.71. The van der Waals surface area contributed by atoms with Crippen molar-refractivity contribution in [1.82, 2.24) is 24.1 Å². The molecular weight excluding hydrogens is 306 g/mol. The maximum atomic E-state index is 5.97. The van der Waals surface area contributed by atoms with Crippen LogP contribution in [0.2, 0.25) is 0 Å². The molecule has 0 aliphatic carbocycles. The Morgan fingerprint density at radius 1 is 1.43 bits per heavy atom. The Morgan fingerprint density at radius 2 is 2.29 bits per heavy atom. The lowest BCUT2D eigenvalue weighted by Gasteiger charge is -2.05. The van der Waals surface area contributed by atoms with Crippen LogP contribution in [0.5, 0.6) is 0 Å². The molecular formula is C12H15N7S2. The Kier molecular flexibility index (Phi) is 3.84. The molecule has 0 aromatic carbocycles. The number of nitrogen functional groups attached to an aromatic ring is 1. The van der Waals surface area contributed by atoms with Crippen molar-refractivity contribution >= 4 is 33.7 Å². The van der Waals surface area contributed by atoms with Gasteiger partial charge in [-0.3, -0.25) is 0 Å². The SMILES string of the molecule is Cc1csc(-c2c(N)nsc2NCCc2nncn2C)n1. The van der Waals surface area contributed by atoms with Crippen LogP contribution in [0.3, 0.4) is 0 Å². The predicted molar refractivity (Wildman–Crippen MR) is 85.6 cm³/mol. The first-order chi connectivity index (χ1) is 10.1. The first kappa shape index (κ1) is 14.0. The van der Waals surface area contributed by atoms with Crippen molar-refractivity contribution < 1.29 is 0 Å². The van der Waals surface area contributed by atoms with Gasteiger partial charge in [-0.2, -0.15) is 4.37 Å². The summed E-state index contributed by atoms with van der Waals surface area (Å²) < 4.78 is 6.14. The normalized spacial score (nSPS) is 11.0. The second-order valence-electron chi connectivity index (χ2n) is 4.60. The third-order valence-corrected chi connectivity index (χ3v) is 4.79. The first-order valence-corrected chi connectivity index (χ1v) is 8.05. The molecule has 3 N–H and O–H groups in total. The maximum Gasteiger partial charge on any atom is 0.149 e. The van der Waals surface area contributed by atoms with E-state index in [2.05, 4.69) is 24.9 Å². The lowest BCUT2D eigenvalue weighted by molar-refractivity contribution is 0.789. The lowest BCUT2D eigenvalue weighted by atomic mass is 10.3. The number of thiazole rings is 1. The monoisotopic (exact) mass is 321 g/mol. The van der Waals surface area contributed by atoms with Crippen LogP contribution in [0.25, 0.3) is 10.6 Å². The molecule has 0 aliphatic rings. The molecule has 3 aromatic rings. The molecule has 3 rings (SSSR count). The van der Waals surface area contributed by atoms with Crippen molar-refractivity contribution in [2.75, 3.05) is 17.6 Å². The van der Waals surface area contributed by atoms with Gasteiger partial charge >= 0.3 is 0 Å². The number of nitrogens with two attached hydrogens (primary N) is 1. The van der Waals surface area contributed by atoms with Gasteiger partial charge in [0.25, 0.3) is 0 Å². The van der Waals surface area contributed by atoms with Crippen molar-refractivity contribution in [1.29, 1.82) is 0 Å². The molecule has 0 unspecified atom stereocenters. The zero-order chi connectivity index (χ0) is 14.8. The number of nitrogens with one attached hydrogen (secondary N) is 1. The molecule has 9 heteroatoms. The Balaban J connectivity index is 1.73. The smallest absolute Gasteiger partial charge is 0.149 e. The quantitative estimate of drug-likeness (QED) is 0.746. The fourth-order valence-electron chi connectivity index (χ4n) is 1.92. The lowest BCUT2D eigenvalue weighted by Crippen LogP contribution is -2.08. The topological polar surface area (TPSA) is 94.5 Å². The number of nitrogens with zero attached hydrogens (tertiary/aromatic N) is 5. The molecule has 0 fully saturated rings. The molecule has 3 heterocycles. The van der Waals surface area contributed by atoms with E-state index in [0.29, 0.717) is 5.82 Å². The Morgan fingerprint density at radius 3 is 2.95 bits per heavy atom. The second-order valence-corrected chi connectivity index (χ2v) is 6.23. The number of hydrogen-bond donors (Lipinski definition) is 2. The number of rotatable bonds is 5. The third-order valence-electron chi connectivity index (χ3n) is 2.99. The summed E-state index contributed by atoms with van der Waals surface area (Å²) in [6, 6.07) is 0.